The zero-order valence-electron chi connectivity index (χ0n) is 7.90. The molecule has 5 N–H and O–H groups in total. The fourth-order valence-electron chi connectivity index (χ4n) is 1.20. The number of carboxylic acid groups (broad SMARTS) is 1. The molecule has 0 spiro atoms. The minimum atomic E-state index is -0.946. The van der Waals surface area contributed by atoms with Gasteiger partial charge in [-0.15, -0.1) is 0 Å². The Morgan fingerprint density at radius 2 is 2.36 bits per heavy atom. The number of aryl methyl sites for hydroxylation is 1. The van der Waals surface area contributed by atoms with Crippen LogP contribution in [0, 0.1) is 6.92 Å². The van der Waals surface area contributed by atoms with Crippen LogP contribution >= 0.6 is 0 Å². The van der Waals surface area contributed by atoms with Crippen molar-refractivity contribution >= 4 is 11.8 Å². The predicted octanol–water partition coefficient (Wildman–Crippen LogP) is 0.447. The van der Waals surface area contributed by atoms with Gasteiger partial charge in [0.25, 0.3) is 0 Å². The third-order valence-electron chi connectivity index (χ3n) is 1.88. The first-order chi connectivity index (χ1) is 6.50. The lowest BCUT2D eigenvalue weighted by Gasteiger charge is -2.11. The normalized spacial score (nSPS) is 12.4. The molecule has 5 nitrogen and oxygen atoms in total. The van der Waals surface area contributed by atoms with E-state index in [2.05, 4.69) is 4.98 Å². The Balaban J connectivity index is 2.93. The van der Waals surface area contributed by atoms with Crippen LogP contribution in [0.5, 0.6) is 0 Å². The number of nitrogens with two attached hydrogens (primary N) is 2. The highest BCUT2D eigenvalue weighted by atomic mass is 16.4. The summed E-state index contributed by atoms with van der Waals surface area (Å²) < 4.78 is 0. The molecule has 76 valence electrons. The summed E-state index contributed by atoms with van der Waals surface area (Å²) in [4.78, 5) is 14.3. The summed E-state index contributed by atoms with van der Waals surface area (Å²) in [7, 11) is 0. The highest BCUT2D eigenvalue weighted by Gasteiger charge is 2.14. The molecule has 1 aromatic heterocycles. The molecule has 0 unspecified atom stereocenters. The second-order valence-electron chi connectivity index (χ2n) is 3.19. The van der Waals surface area contributed by atoms with Crippen LogP contribution in [0.25, 0.3) is 0 Å². The van der Waals surface area contributed by atoms with Crippen molar-refractivity contribution in [3.8, 4) is 0 Å². The van der Waals surface area contributed by atoms with Crippen molar-refractivity contribution in [3.05, 3.63) is 23.4 Å². The molecule has 0 saturated heterocycles. The highest BCUT2D eigenvalue weighted by molar-refractivity contribution is 5.68. The van der Waals surface area contributed by atoms with Gasteiger partial charge in [0.05, 0.1) is 6.42 Å². The largest absolute Gasteiger partial charge is 0.481 e. The number of aliphatic carboxylic acids is 1. The monoisotopic (exact) mass is 195 g/mol. The number of nitrogens with zero attached hydrogens (tertiary/aromatic N) is 1. The van der Waals surface area contributed by atoms with Crippen LogP contribution in [-0.4, -0.2) is 16.1 Å². The molecule has 0 saturated carbocycles. The first-order valence-corrected chi connectivity index (χ1v) is 4.20. The lowest BCUT2D eigenvalue weighted by atomic mass is 10.0. The molecule has 1 aromatic rings. The predicted molar refractivity (Wildman–Crippen MR) is 52.6 cm³/mol. The summed E-state index contributed by atoms with van der Waals surface area (Å²) in [6.07, 6.45) is 1.47. The number of carboxylic acids is 1. The highest BCUT2D eigenvalue weighted by Crippen LogP contribution is 2.19. The molecular formula is C9H13N3O2. The molecule has 0 aliphatic heterocycles. The lowest BCUT2D eigenvalue weighted by molar-refractivity contribution is -0.137. The Morgan fingerprint density at radius 3 is 2.93 bits per heavy atom. The van der Waals surface area contributed by atoms with E-state index >= 15 is 0 Å². The van der Waals surface area contributed by atoms with E-state index in [4.69, 9.17) is 16.6 Å². The molecule has 0 aromatic carbocycles. The Hall–Kier alpha value is -1.62. The molecular weight excluding hydrogens is 182 g/mol. The van der Waals surface area contributed by atoms with E-state index in [-0.39, 0.29) is 6.42 Å². The van der Waals surface area contributed by atoms with Crippen LogP contribution in [0.15, 0.2) is 12.3 Å². The minimum absolute atomic E-state index is 0.144. The van der Waals surface area contributed by atoms with E-state index in [9.17, 15) is 4.79 Å². The maximum Gasteiger partial charge on any atom is 0.305 e. The molecule has 0 amide bonds. The number of rotatable bonds is 3. The van der Waals surface area contributed by atoms with Gasteiger partial charge in [0.15, 0.2) is 0 Å². The van der Waals surface area contributed by atoms with Crippen molar-refractivity contribution in [3.63, 3.8) is 0 Å². The number of carbonyl (C=O) groups is 1. The standard InChI is InChI=1S/C9H13N3O2/c1-5-2-6(9(11)12-4-5)7(10)3-8(13)14/h2,4,7H,3,10H2,1H3,(H2,11,12)(H,13,14)/t7-/m1/s1. The fourth-order valence-corrected chi connectivity index (χ4v) is 1.20. The van der Waals surface area contributed by atoms with Crippen molar-refractivity contribution in [1.29, 1.82) is 0 Å². The Kier molecular flexibility index (Phi) is 3.03. The van der Waals surface area contributed by atoms with E-state index in [0.717, 1.165) is 5.56 Å². The van der Waals surface area contributed by atoms with Gasteiger partial charge in [-0.3, -0.25) is 4.79 Å². The van der Waals surface area contributed by atoms with E-state index in [1.807, 2.05) is 6.92 Å². The molecule has 14 heavy (non-hydrogen) atoms. The molecule has 5 heteroatoms. The van der Waals surface area contributed by atoms with Gasteiger partial charge < -0.3 is 16.6 Å². The summed E-state index contributed by atoms with van der Waals surface area (Å²) in [6.45, 7) is 1.85. The lowest BCUT2D eigenvalue weighted by Crippen LogP contribution is -2.17. The van der Waals surface area contributed by atoms with Crippen LogP contribution in [0.1, 0.15) is 23.6 Å². The number of nitrogen functional groups attached to an aromatic ring is 1. The van der Waals surface area contributed by atoms with Crippen molar-refractivity contribution in [2.75, 3.05) is 5.73 Å². The number of hydrogen-bond acceptors (Lipinski definition) is 4. The molecule has 0 aliphatic carbocycles. The van der Waals surface area contributed by atoms with Gasteiger partial charge in [0.1, 0.15) is 5.82 Å². The van der Waals surface area contributed by atoms with Gasteiger partial charge in [-0.1, -0.05) is 0 Å². The zero-order chi connectivity index (χ0) is 10.7. The van der Waals surface area contributed by atoms with Crippen LogP contribution in [0.3, 0.4) is 0 Å². The van der Waals surface area contributed by atoms with Gasteiger partial charge >= 0.3 is 5.97 Å². The Labute approximate surface area is 81.7 Å². The van der Waals surface area contributed by atoms with Gasteiger partial charge in [0, 0.05) is 17.8 Å². The maximum absolute atomic E-state index is 10.4. The summed E-state index contributed by atoms with van der Waals surface area (Å²) >= 11 is 0. The van der Waals surface area contributed by atoms with E-state index in [1.54, 1.807) is 12.3 Å². The first kappa shape index (κ1) is 10.5. The topological polar surface area (TPSA) is 102 Å². The summed E-state index contributed by atoms with van der Waals surface area (Å²) in [5.74, 6) is -0.650. The summed E-state index contributed by atoms with van der Waals surface area (Å²) in [5, 5.41) is 8.56. The number of aromatic nitrogens is 1. The second-order valence-corrected chi connectivity index (χ2v) is 3.19. The Morgan fingerprint density at radius 1 is 1.71 bits per heavy atom. The van der Waals surface area contributed by atoms with E-state index in [1.165, 1.54) is 0 Å². The second kappa shape index (κ2) is 4.06. The Bertz CT molecular complexity index is 352. The average molecular weight is 195 g/mol. The average Bonchev–Trinajstić information content (AvgIpc) is 2.08. The molecule has 0 aliphatic rings. The molecule has 0 fully saturated rings. The fraction of sp³-hybridized carbons (Fsp3) is 0.333. The van der Waals surface area contributed by atoms with Crippen molar-refractivity contribution in [2.45, 2.75) is 19.4 Å². The van der Waals surface area contributed by atoms with Crippen LogP contribution in [0.4, 0.5) is 5.82 Å². The number of pyridine rings is 1. The molecule has 0 radical (unpaired) electrons. The molecule has 1 atom stereocenters. The van der Waals surface area contributed by atoms with Crippen LogP contribution in [0.2, 0.25) is 0 Å². The van der Waals surface area contributed by atoms with Gasteiger partial charge in [-0.2, -0.15) is 0 Å². The molecule has 1 heterocycles. The van der Waals surface area contributed by atoms with Gasteiger partial charge in [0.2, 0.25) is 0 Å². The number of anilines is 1. The van der Waals surface area contributed by atoms with Crippen molar-refractivity contribution in [2.24, 2.45) is 5.73 Å². The third-order valence-corrected chi connectivity index (χ3v) is 1.88. The maximum atomic E-state index is 10.4. The van der Waals surface area contributed by atoms with Gasteiger partial charge in [-0.25, -0.2) is 4.98 Å². The molecule has 1 rings (SSSR count). The van der Waals surface area contributed by atoms with Crippen LogP contribution in [-0.2, 0) is 4.79 Å². The minimum Gasteiger partial charge on any atom is -0.481 e. The van der Waals surface area contributed by atoms with E-state index in [0.29, 0.717) is 11.4 Å². The summed E-state index contributed by atoms with van der Waals surface area (Å²) in [6, 6.07) is 1.16. The smallest absolute Gasteiger partial charge is 0.305 e. The quantitative estimate of drug-likeness (QED) is 0.649. The van der Waals surface area contributed by atoms with Crippen molar-refractivity contribution in [1.82, 2.24) is 4.98 Å². The van der Waals surface area contributed by atoms with Crippen LogP contribution < -0.4 is 11.5 Å². The first-order valence-electron chi connectivity index (χ1n) is 4.20. The number of hydrogen-bond donors (Lipinski definition) is 3. The third kappa shape index (κ3) is 2.43. The van der Waals surface area contributed by atoms with E-state index < -0.39 is 12.0 Å². The van der Waals surface area contributed by atoms with Crippen molar-refractivity contribution < 1.29 is 9.90 Å². The van der Waals surface area contributed by atoms with Gasteiger partial charge in [-0.05, 0) is 18.6 Å². The summed E-state index contributed by atoms with van der Waals surface area (Å²) in [5.41, 5.74) is 12.7. The SMILES string of the molecule is Cc1cnc(N)c([C@H](N)CC(=O)O)c1. The molecule has 0 bridgehead atoms. The zero-order valence-corrected chi connectivity index (χ0v) is 7.90.